The lowest BCUT2D eigenvalue weighted by molar-refractivity contribution is -0.192. The van der Waals surface area contributed by atoms with Crippen molar-refractivity contribution in [1.82, 2.24) is 4.90 Å². The second-order valence-electron chi connectivity index (χ2n) is 9.63. The normalized spacial score (nSPS) is 15.5. The van der Waals surface area contributed by atoms with Crippen LogP contribution < -0.4 is 16.8 Å². The predicted molar refractivity (Wildman–Crippen MR) is 142 cm³/mol. The number of amides is 1. The Bertz CT molecular complexity index is 1090. The van der Waals surface area contributed by atoms with Crippen molar-refractivity contribution in [3.63, 3.8) is 0 Å². The average Bonchev–Trinajstić information content (AvgIpc) is 2.90. The minimum Gasteiger partial charge on any atom is -0.480 e. The Morgan fingerprint density at radius 3 is 2.21 bits per heavy atom. The zero-order valence-electron chi connectivity index (χ0n) is 21.7. The summed E-state index contributed by atoms with van der Waals surface area (Å²) in [5.74, 6) is -3.75. The second kappa shape index (κ2) is 15.3. The largest absolute Gasteiger partial charge is 0.490 e. The SMILES string of the molecule is NCCC[C@@H](N)C(=O)N(CC1CCCCC1)[C@@H](CNc1ccc2ccccc2c1)C(=O)O.O=C(O)C(F)(F)F. The summed E-state index contributed by atoms with van der Waals surface area (Å²) in [4.78, 5) is 35.9. The summed E-state index contributed by atoms with van der Waals surface area (Å²) in [6.45, 7) is 1.01. The number of carboxylic acids is 2. The van der Waals surface area contributed by atoms with Crippen LogP contribution in [0.1, 0.15) is 44.9 Å². The minimum atomic E-state index is -5.08. The molecule has 1 saturated carbocycles. The number of aliphatic carboxylic acids is 2. The number of carbonyl (C=O) groups excluding carboxylic acids is 1. The Labute approximate surface area is 225 Å². The number of hydrogen-bond donors (Lipinski definition) is 5. The first kappa shape index (κ1) is 31.8. The highest BCUT2D eigenvalue weighted by molar-refractivity contribution is 5.88. The first-order valence-electron chi connectivity index (χ1n) is 13.0. The van der Waals surface area contributed by atoms with Gasteiger partial charge in [-0.3, -0.25) is 4.79 Å². The summed E-state index contributed by atoms with van der Waals surface area (Å²) in [5, 5.41) is 22.6. The first-order valence-corrected chi connectivity index (χ1v) is 13.0. The zero-order valence-corrected chi connectivity index (χ0v) is 21.7. The third kappa shape index (κ3) is 10.4. The van der Waals surface area contributed by atoms with Gasteiger partial charge in [-0.05, 0) is 61.1 Å². The number of nitrogens with one attached hydrogen (secondary N) is 1. The summed E-state index contributed by atoms with van der Waals surface area (Å²) >= 11 is 0. The lowest BCUT2D eigenvalue weighted by Crippen LogP contribution is -2.55. The van der Waals surface area contributed by atoms with Crippen molar-refractivity contribution in [2.75, 3.05) is 25.0 Å². The number of hydrogen-bond acceptors (Lipinski definition) is 6. The standard InChI is InChI=1S/C25H36N4O3.C2HF3O2/c26-14-6-11-22(27)24(30)29(17-18-7-2-1-3-8-18)23(25(31)32)16-28-21-13-12-19-9-4-5-10-20(19)15-21;3-2(4,5)1(6)7/h4-5,9-10,12-13,15,18,22-23,28H,1-3,6-8,11,14,16-17,26-27H2,(H,31,32);(H,6,7)/t22-,23+;/m1./s1. The van der Waals surface area contributed by atoms with Crippen molar-refractivity contribution in [2.45, 2.75) is 63.2 Å². The fourth-order valence-electron chi connectivity index (χ4n) is 4.54. The van der Waals surface area contributed by atoms with Crippen LogP contribution in [0, 0.1) is 5.92 Å². The quantitative estimate of drug-likeness (QED) is 0.280. The number of rotatable bonds is 11. The number of nitrogens with zero attached hydrogens (tertiary/aromatic N) is 1. The van der Waals surface area contributed by atoms with E-state index in [0.29, 0.717) is 31.8 Å². The first-order chi connectivity index (χ1) is 18.4. The van der Waals surface area contributed by atoms with E-state index in [2.05, 4.69) is 5.32 Å². The third-order valence-electron chi connectivity index (χ3n) is 6.65. The molecule has 0 radical (unpaired) electrons. The van der Waals surface area contributed by atoms with E-state index in [0.717, 1.165) is 42.1 Å². The van der Waals surface area contributed by atoms with Gasteiger partial charge in [-0.2, -0.15) is 13.2 Å². The van der Waals surface area contributed by atoms with E-state index in [1.807, 2.05) is 42.5 Å². The van der Waals surface area contributed by atoms with Crippen molar-refractivity contribution in [3.05, 3.63) is 42.5 Å². The van der Waals surface area contributed by atoms with E-state index in [-0.39, 0.29) is 12.5 Å². The Morgan fingerprint density at radius 2 is 1.64 bits per heavy atom. The third-order valence-corrected chi connectivity index (χ3v) is 6.65. The fourth-order valence-corrected chi connectivity index (χ4v) is 4.54. The van der Waals surface area contributed by atoms with Crippen molar-refractivity contribution in [1.29, 1.82) is 0 Å². The Kier molecular flexibility index (Phi) is 12.5. The van der Waals surface area contributed by atoms with Gasteiger partial charge >= 0.3 is 18.1 Å². The maximum absolute atomic E-state index is 13.2. The number of halogens is 3. The number of benzene rings is 2. The molecule has 2 aromatic carbocycles. The van der Waals surface area contributed by atoms with Gasteiger partial charge in [0.2, 0.25) is 5.91 Å². The van der Waals surface area contributed by atoms with Crippen molar-refractivity contribution >= 4 is 34.3 Å². The molecule has 39 heavy (non-hydrogen) atoms. The lowest BCUT2D eigenvalue weighted by atomic mass is 9.88. The Balaban J connectivity index is 0.000000673. The monoisotopic (exact) mass is 554 g/mol. The summed E-state index contributed by atoms with van der Waals surface area (Å²) in [6, 6.07) is 12.2. The van der Waals surface area contributed by atoms with Crippen molar-refractivity contribution in [3.8, 4) is 0 Å². The smallest absolute Gasteiger partial charge is 0.480 e. The molecule has 0 spiro atoms. The van der Waals surface area contributed by atoms with Gasteiger partial charge in [0.15, 0.2) is 0 Å². The summed E-state index contributed by atoms with van der Waals surface area (Å²) in [5.41, 5.74) is 12.6. The van der Waals surface area contributed by atoms with Gasteiger partial charge in [-0.25, -0.2) is 9.59 Å². The highest BCUT2D eigenvalue weighted by Crippen LogP contribution is 2.26. The molecule has 1 aliphatic carbocycles. The van der Waals surface area contributed by atoms with Crippen LogP contribution in [-0.4, -0.2) is 70.9 Å². The minimum absolute atomic E-state index is 0.121. The van der Waals surface area contributed by atoms with Gasteiger partial charge < -0.3 is 31.9 Å². The van der Waals surface area contributed by atoms with Gasteiger partial charge in [0.25, 0.3) is 0 Å². The summed E-state index contributed by atoms with van der Waals surface area (Å²) in [7, 11) is 0. The molecule has 0 bridgehead atoms. The number of alkyl halides is 3. The molecule has 7 N–H and O–H groups in total. The molecule has 1 aliphatic rings. The molecule has 0 heterocycles. The van der Waals surface area contributed by atoms with Gasteiger partial charge in [-0.1, -0.05) is 49.6 Å². The van der Waals surface area contributed by atoms with E-state index in [4.69, 9.17) is 21.4 Å². The molecule has 1 fully saturated rings. The van der Waals surface area contributed by atoms with Gasteiger partial charge in [0, 0.05) is 18.8 Å². The van der Waals surface area contributed by atoms with Crippen LogP contribution in [0.2, 0.25) is 0 Å². The molecule has 0 unspecified atom stereocenters. The summed E-state index contributed by atoms with van der Waals surface area (Å²) < 4.78 is 31.7. The molecule has 216 valence electrons. The molecular formula is C27H37F3N4O5. The average molecular weight is 555 g/mol. The van der Waals surface area contributed by atoms with Crippen LogP contribution in [0.25, 0.3) is 10.8 Å². The number of carboxylic acid groups (broad SMARTS) is 2. The topological polar surface area (TPSA) is 159 Å². The summed E-state index contributed by atoms with van der Waals surface area (Å²) in [6.07, 6.45) is 1.50. The van der Waals surface area contributed by atoms with Crippen LogP contribution in [0.3, 0.4) is 0 Å². The number of carbonyl (C=O) groups is 3. The Morgan fingerprint density at radius 1 is 1.03 bits per heavy atom. The fraction of sp³-hybridized carbons (Fsp3) is 0.519. The van der Waals surface area contributed by atoms with Gasteiger partial charge in [0.1, 0.15) is 6.04 Å². The molecule has 9 nitrogen and oxygen atoms in total. The maximum atomic E-state index is 13.2. The van der Waals surface area contributed by atoms with Crippen LogP contribution in [0.5, 0.6) is 0 Å². The van der Waals surface area contributed by atoms with Crippen LogP contribution in [0.4, 0.5) is 18.9 Å². The van der Waals surface area contributed by atoms with Gasteiger partial charge in [0.05, 0.1) is 6.04 Å². The molecule has 12 heteroatoms. The van der Waals surface area contributed by atoms with E-state index < -0.39 is 30.2 Å². The van der Waals surface area contributed by atoms with Crippen LogP contribution in [-0.2, 0) is 14.4 Å². The number of anilines is 1. The van der Waals surface area contributed by atoms with Crippen molar-refractivity contribution < 1.29 is 37.8 Å². The zero-order chi connectivity index (χ0) is 29.0. The van der Waals surface area contributed by atoms with Gasteiger partial charge in [-0.15, -0.1) is 0 Å². The molecule has 0 saturated heterocycles. The van der Waals surface area contributed by atoms with E-state index in [1.54, 1.807) is 0 Å². The molecule has 2 aromatic rings. The molecule has 1 amide bonds. The van der Waals surface area contributed by atoms with E-state index >= 15 is 0 Å². The Hall–Kier alpha value is -3.38. The van der Waals surface area contributed by atoms with Crippen molar-refractivity contribution in [2.24, 2.45) is 17.4 Å². The molecule has 0 aromatic heterocycles. The number of nitrogens with two attached hydrogens (primary N) is 2. The molecule has 2 atom stereocenters. The highest BCUT2D eigenvalue weighted by Gasteiger charge is 2.38. The van der Waals surface area contributed by atoms with Crippen LogP contribution in [0.15, 0.2) is 42.5 Å². The lowest BCUT2D eigenvalue weighted by Gasteiger charge is -2.35. The maximum Gasteiger partial charge on any atom is 0.490 e. The van der Waals surface area contributed by atoms with E-state index in [1.165, 1.54) is 11.3 Å². The second-order valence-corrected chi connectivity index (χ2v) is 9.63. The molecule has 3 rings (SSSR count). The van der Waals surface area contributed by atoms with E-state index in [9.17, 15) is 27.9 Å². The highest BCUT2D eigenvalue weighted by atomic mass is 19.4. The predicted octanol–water partition coefficient (Wildman–Crippen LogP) is 3.81. The van der Waals surface area contributed by atoms with Crippen LogP contribution >= 0.6 is 0 Å². The number of fused-ring (bicyclic) bond motifs is 1. The molecule has 0 aliphatic heterocycles. The molecular weight excluding hydrogens is 517 g/mol.